The highest BCUT2D eigenvalue weighted by atomic mass is 16.5. The third kappa shape index (κ3) is 5.14. The molecule has 0 heterocycles. The van der Waals surface area contributed by atoms with Crippen LogP contribution >= 0.6 is 0 Å². The summed E-state index contributed by atoms with van der Waals surface area (Å²) in [5.41, 5.74) is 3.39. The second kappa shape index (κ2) is 10.5. The molecule has 0 aromatic heterocycles. The predicted molar refractivity (Wildman–Crippen MR) is 122 cm³/mol. The Morgan fingerprint density at radius 1 is 0.531 bits per heavy atom. The van der Waals surface area contributed by atoms with Crippen molar-refractivity contribution in [2.24, 2.45) is 0 Å². The van der Waals surface area contributed by atoms with Crippen molar-refractivity contribution < 1.29 is 18.9 Å². The SMILES string of the molecule is COc1ccc(OC)c(C#Cc2cc(OC)c(C#Cc3ccc(C#N)cc3)cc2OC)c1. The van der Waals surface area contributed by atoms with Crippen LogP contribution < -0.4 is 18.9 Å². The smallest absolute Gasteiger partial charge is 0.136 e. The zero-order valence-electron chi connectivity index (χ0n) is 18.3. The third-order valence-electron chi connectivity index (χ3n) is 4.62. The van der Waals surface area contributed by atoms with Crippen LogP contribution in [0.4, 0.5) is 0 Å². The summed E-state index contributed by atoms with van der Waals surface area (Å²) >= 11 is 0. The third-order valence-corrected chi connectivity index (χ3v) is 4.62. The van der Waals surface area contributed by atoms with Crippen LogP contribution in [0.15, 0.2) is 54.6 Å². The Bertz CT molecular complexity index is 1280. The first-order valence-corrected chi connectivity index (χ1v) is 9.64. The number of nitriles is 1. The van der Waals surface area contributed by atoms with E-state index in [1.165, 1.54) is 0 Å². The Kier molecular flexibility index (Phi) is 7.26. The van der Waals surface area contributed by atoms with Gasteiger partial charge < -0.3 is 18.9 Å². The maximum atomic E-state index is 8.92. The van der Waals surface area contributed by atoms with Gasteiger partial charge in [0.25, 0.3) is 0 Å². The number of benzene rings is 3. The van der Waals surface area contributed by atoms with Crippen LogP contribution in [0.1, 0.15) is 27.8 Å². The van der Waals surface area contributed by atoms with Crippen molar-refractivity contribution in [1.82, 2.24) is 0 Å². The first-order valence-electron chi connectivity index (χ1n) is 9.64. The van der Waals surface area contributed by atoms with Crippen molar-refractivity contribution in [2.75, 3.05) is 28.4 Å². The van der Waals surface area contributed by atoms with E-state index in [0.29, 0.717) is 45.3 Å². The van der Waals surface area contributed by atoms with E-state index < -0.39 is 0 Å². The summed E-state index contributed by atoms with van der Waals surface area (Å²) in [5, 5.41) is 8.92. The van der Waals surface area contributed by atoms with Gasteiger partial charge in [-0.25, -0.2) is 0 Å². The molecule has 3 aromatic carbocycles. The summed E-state index contributed by atoms with van der Waals surface area (Å²) in [7, 11) is 6.36. The maximum Gasteiger partial charge on any atom is 0.136 e. The molecule has 3 aromatic rings. The highest BCUT2D eigenvalue weighted by Crippen LogP contribution is 2.29. The van der Waals surface area contributed by atoms with Crippen molar-refractivity contribution >= 4 is 0 Å². The first kappa shape index (κ1) is 22.2. The molecule has 0 aliphatic carbocycles. The first-order chi connectivity index (χ1) is 15.6. The van der Waals surface area contributed by atoms with Crippen LogP contribution in [0, 0.1) is 35.0 Å². The van der Waals surface area contributed by atoms with E-state index in [1.54, 1.807) is 64.8 Å². The van der Waals surface area contributed by atoms with E-state index in [-0.39, 0.29) is 0 Å². The Morgan fingerprint density at radius 3 is 1.53 bits per heavy atom. The molecule has 0 amide bonds. The molecule has 0 N–H and O–H groups in total. The van der Waals surface area contributed by atoms with Gasteiger partial charge in [-0.05, 0) is 42.5 Å². The molecular formula is C27H21NO4. The quantitative estimate of drug-likeness (QED) is 0.583. The van der Waals surface area contributed by atoms with Gasteiger partial charge in [0.05, 0.1) is 56.8 Å². The molecule has 0 unspecified atom stereocenters. The molecular weight excluding hydrogens is 402 g/mol. The van der Waals surface area contributed by atoms with Crippen molar-refractivity contribution in [3.63, 3.8) is 0 Å². The van der Waals surface area contributed by atoms with Crippen LogP contribution in [0.5, 0.6) is 23.0 Å². The molecule has 158 valence electrons. The maximum absolute atomic E-state index is 8.92. The second-order valence-corrected chi connectivity index (χ2v) is 6.51. The number of nitrogens with zero attached hydrogens (tertiary/aromatic N) is 1. The lowest BCUT2D eigenvalue weighted by Gasteiger charge is -2.09. The number of methoxy groups -OCH3 is 4. The fourth-order valence-corrected chi connectivity index (χ4v) is 2.91. The van der Waals surface area contributed by atoms with Crippen LogP contribution in [0.2, 0.25) is 0 Å². The van der Waals surface area contributed by atoms with Crippen LogP contribution in [0.3, 0.4) is 0 Å². The standard InChI is InChI=1S/C27H21NO4/c1-29-24-13-14-25(30-2)21(15-24)11-12-23-17-26(31-3)22(16-27(23)32-4)10-9-19-5-7-20(18-28)8-6-19/h5-8,13-17H,1-4H3. The average Bonchev–Trinajstić information content (AvgIpc) is 2.85. The van der Waals surface area contributed by atoms with E-state index in [9.17, 15) is 0 Å². The molecule has 0 aliphatic rings. The molecule has 0 fully saturated rings. The van der Waals surface area contributed by atoms with Gasteiger partial charge >= 0.3 is 0 Å². The number of rotatable bonds is 4. The van der Waals surface area contributed by atoms with Crippen molar-refractivity contribution in [3.05, 3.63) is 82.4 Å². The van der Waals surface area contributed by atoms with Crippen molar-refractivity contribution in [3.8, 4) is 52.7 Å². The minimum absolute atomic E-state index is 0.573. The van der Waals surface area contributed by atoms with Gasteiger partial charge in [-0.15, -0.1) is 0 Å². The van der Waals surface area contributed by atoms with Crippen LogP contribution in [-0.2, 0) is 0 Å². The predicted octanol–water partition coefficient (Wildman–Crippen LogP) is 4.39. The zero-order chi connectivity index (χ0) is 22.9. The van der Waals surface area contributed by atoms with Gasteiger partial charge in [0.2, 0.25) is 0 Å². The minimum atomic E-state index is 0.573. The molecule has 0 aliphatic heterocycles. The molecule has 32 heavy (non-hydrogen) atoms. The Morgan fingerprint density at radius 2 is 1.03 bits per heavy atom. The number of hydrogen-bond donors (Lipinski definition) is 0. The summed E-state index contributed by atoms with van der Waals surface area (Å²) in [6.45, 7) is 0. The van der Waals surface area contributed by atoms with Gasteiger partial charge in [-0.1, -0.05) is 23.7 Å². The van der Waals surface area contributed by atoms with Gasteiger partial charge in [0.1, 0.15) is 23.0 Å². The van der Waals surface area contributed by atoms with E-state index in [2.05, 4.69) is 29.8 Å². The molecule has 5 nitrogen and oxygen atoms in total. The molecule has 3 rings (SSSR count). The van der Waals surface area contributed by atoms with Crippen LogP contribution in [0.25, 0.3) is 0 Å². The molecule has 0 saturated carbocycles. The molecule has 5 heteroatoms. The van der Waals surface area contributed by atoms with Gasteiger partial charge in [0, 0.05) is 17.7 Å². The lowest BCUT2D eigenvalue weighted by Crippen LogP contribution is -1.95. The summed E-state index contributed by atoms with van der Waals surface area (Å²) in [5.74, 6) is 14.9. The van der Waals surface area contributed by atoms with Crippen LogP contribution in [-0.4, -0.2) is 28.4 Å². The van der Waals surface area contributed by atoms with Crippen molar-refractivity contribution in [2.45, 2.75) is 0 Å². The monoisotopic (exact) mass is 423 g/mol. The summed E-state index contributed by atoms with van der Waals surface area (Å²) < 4.78 is 21.7. The van der Waals surface area contributed by atoms with Gasteiger partial charge in [-0.3, -0.25) is 0 Å². The number of ether oxygens (including phenoxy) is 4. The lowest BCUT2D eigenvalue weighted by atomic mass is 10.1. The highest BCUT2D eigenvalue weighted by molar-refractivity contribution is 5.61. The Labute approximate surface area is 188 Å². The van der Waals surface area contributed by atoms with E-state index in [4.69, 9.17) is 24.2 Å². The Hall–Kier alpha value is -4.53. The summed E-state index contributed by atoms with van der Waals surface area (Å²) in [6, 6.07) is 18.2. The largest absolute Gasteiger partial charge is 0.497 e. The summed E-state index contributed by atoms with van der Waals surface area (Å²) in [6.07, 6.45) is 0. The minimum Gasteiger partial charge on any atom is -0.497 e. The van der Waals surface area contributed by atoms with E-state index in [1.807, 2.05) is 18.2 Å². The zero-order valence-corrected chi connectivity index (χ0v) is 18.3. The summed E-state index contributed by atoms with van der Waals surface area (Å²) in [4.78, 5) is 0. The van der Waals surface area contributed by atoms with Crippen molar-refractivity contribution in [1.29, 1.82) is 5.26 Å². The second-order valence-electron chi connectivity index (χ2n) is 6.51. The van der Waals surface area contributed by atoms with E-state index in [0.717, 1.165) is 5.56 Å². The molecule has 0 atom stereocenters. The molecule has 0 spiro atoms. The highest BCUT2D eigenvalue weighted by Gasteiger charge is 2.09. The van der Waals surface area contributed by atoms with Gasteiger partial charge in [0.15, 0.2) is 0 Å². The average molecular weight is 423 g/mol. The van der Waals surface area contributed by atoms with E-state index >= 15 is 0 Å². The molecule has 0 bridgehead atoms. The fraction of sp³-hybridized carbons (Fsp3) is 0.148. The normalized spacial score (nSPS) is 9.34. The molecule has 0 radical (unpaired) electrons. The number of hydrogen-bond acceptors (Lipinski definition) is 5. The Balaban J connectivity index is 2.00. The van der Waals surface area contributed by atoms with Gasteiger partial charge in [-0.2, -0.15) is 5.26 Å². The molecule has 0 saturated heterocycles. The lowest BCUT2D eigenvalue weighted by molar-refractivity contribution is 0.401. The topological polar surface area (TPSA) is 60.7 Å². The fourth-order valence-electron chi connectivity index (χ4n) is 2.91.